The second-order valence-corrected chi connectivity index (χ2v) is 5.47. The van der Waals surface area contributed by atoms with Gasteiger partial charge in [-0.15, -0.1) is 0 Å². The highest BCUT2D eigenvalue weighted by Gasteiger charge is 2.45. The molecule has 1 saturated carbocycles. The number of nitrogens with zero attached hydrogens (tertiary/aromatic N) is 2. The van der Waals surface area contributed by atoms with E-state index in [1.54, 1.807) is 0 Å². The van der Waals surface area contributed by atoms with Gasteiger partial charge in [0.2, 0.25) is 0 Å². The fourth-order valence-electron chi connectivity index (χ4n) is 1.91. The highest BCUT2D eigenvalue weighted by Crippen LogP contribution is 2.44. The Balaban J connectivity index is 2.00. The van der Waals surface area contributed by atoms with E-state index in [1.807, 2.05) is 18.7 Å². The van der Waals surface area contributed by atoms with E-state index < -0.39 is 0 Å². The Morgan fingerprint density at radius 1 is 1.60 bits per heavy atom. The first-order chi connectivity index (χ1) is 6.92. The Bertz CT molecular complexity index is 381. The molecule has 1 aromatic rings. The average molecular weight is 228 g/mol. The van der Waals surface area contributed by atoms with E-state index >= 15 is 0 Å². The summed E-state index contributed by atoms with van der Waals surface area (Å²) in [7, 11) is 1.94. The monoisotopic (exact) mass is 227 g/mol. The fraction of sp³-hybridized carbons (Fsp3) is 0.727. The maximum Gasteiger partial charge on any atom is 0.0860 e. The molecule has 1 heterocycles. The van der Waals surface area contributed by atoms with Crippen molar-refractivity contribution in [1.29, 1.82) is 0 Å². The van der Waals surface area contributed by atoms with Gasteiger partial charge in [-0.25, -0.2) is 0 Å². The van der Waals surface area contributed by atoms with Crippen molar-refractivity contribution in [3.8, 4) is 0 Å². The van der Waals surface area contributed by atoms with Gasteiger partial charge in [0.15, 0.2) is 0 Å². The van der Waals surface area contributed by atoms with E-state index in [0.29, 0.717) is 11.5 Å². The normalized spacial score (nSPS) is 23.1. The summed E-state index contributed by atoms with van der Waals surface area (Å²) in [6.45, 7) is 7.30. The molecule has 1 aromatic heterocycles. The van der Waals surface area contributed by atoms with Gasteiger partial charge in [-0.05, 0) is 18.8 Å². The molecule has 0 radical (unpaired) electrons. The summed E-state index contributed by atoms with van der Waals surface area (Å²) in [5, 5.41) is 8.60. The summed E-state index contributed by atoms with van der Waals surface area (Å²) < 4.78 is 1.86. The Kier molecular flexibility index (Phi) is 2.55. The lowest BCUT2D eigenvalue weighted by atomic mass is 10.2. The summed E-state index contributed by atoms with van der Waals surface area (Å²) in [6.07, 6.45) is 1.25. The van der Waals surface area contributed by atoms with Crippen LogP contribution in [0.15, 0.2) is 0 Å². The summed E-state index contributed by atoms with van der Waals surface area (Å²) in [4.78, 5) is 0. The molecule has 1 N–H and O–H groups in total. The molecule has 2 rings (SSSR count). The van der Waals surface area contributed by atoms with Gasteiger partial charge in [-0.2, -0.15) is 5.10 Å². The maximum absolute atomic E-state index is 6.17. The highest BCUT2D eigenvalue weighted by molar-refractivity contribution is 6.31. The fourth-order valence-corrected chi connectivity index (χ4v) is 2.13. The van der Waals surface area contributed by atoms with Crippen LogP contribution in [0.2, 0.25) is 5.02 Å². The Labute approximate surface area is 95.8 Å². The standard InChI is InChI=1S/C11H18ClN3/c1-7-10(12)8(15(4)14-7)6-13-9-5-11(9,2)3/h9,13H,5-6H2,1-4H3. The predicted molar refractivity (Wildman–Crippen MR) is 62.0 cm³/mol. The number of hydrogen-bond donors (Lipinski definition) is 1. The highest BCUT2D eigenvalue weighted by atomic mass is 35.5. The van der Waals surface area contributed by atoms with E-state index in [4.69, 9.17) is 11.6 Å². The predicted octanol–water partition coefficient (Wildman–Crippen LogP) is 2.27. The zero-order valence-electron chi connectivity index (χ0n) is 9.76. The summed E-state index contributed by atoms with van der Waals surface area (Å²) in [6, 6.07) is 0.628. The van der Waals surface area contributed by atoms with Crippen LogP contribution in [-0.4, -0.2) is 15.8 Å². The molecule has 0 spiro atoms. The average Bonchev–Trinajstić information content (AvgIpc) is 2.65. The first-order valence-corrected chi connectivity index (χ1v) is 5.71. The van der Waals surface area contributed by atoms with Crippen molar-refractivity contribution in [2.75, 3.05) is 0 Å². The van der Waals surface area contributed by atoms with Crippen molar-refractivity contribution in [3.63, 3.8) is 0 Å². The van der Waals surface area contributed by atoms with E-state index in [-0.39, 0.29) is 0 Å². The zero-order valence-corrected chi connectivity index (χ0v) is 10.5. The molecule has 1 aliphatic carbocycles. The van der Waals surface area contributed by atoms with Gasteiger partial charge < -0.3 is 5.32 Å². The maximum atomic E-state index is 6.17. The molecule has 0 saturated heterocycles. The van der Waals surface area contributed by atoms with Crippen LogP contribution in [0.25, 0.3) is 0 Å². The molecule has 1 atom stereocenters. The number of aromatic nitrogens is 2. The first kappa shape index (κ1) is 11.0. The van der Waals surface area contributed by atoms with Crippen LogP contribution >= 0.6 is 11.6 Å². The Morgan fingerprint density at radius 2 is 2.20 bits per heavy atom. The summed E-state index contributed by atoms with van der Waals surface area (Å²) >= 11 is 6.17. The van der Waals surface area contributed by atoms with Gasteiger partial charge in [0, 0.05) is 19.6 Å². The third-order valence-electron chi connectivity index (χ3n) is 3.29. The molecule has 84 valence electrons. The number of aryl methyl sites for hydroxylation is 2. The van der Waals surface area contributed by atoms with Crippen LogP contribution in [-0.2, 0) is 13.6 Å². The van der Waals surface area contributed by atoms with Crippen molar-refractivity contribution in [2.24, 2.45) is 12.5 Å². The molecule has 0 aromatic carbocycles. The number of hydrogen-bond acceptors (Lipinski definition) is 2. The van der Waals surface area contributed by atoms with Gasteiger partial charge in [-0.1, -0.05) is 25.4 Å². The molecular formula is C11H18ClN3. The van der Waals surface area contributed by atoms with E-state index in [1.165, 1.54) is 6.42 Å². The zero-order chi connectivity index (χ0) is 11.2. The topological polar surface area (TPSA) is 29.9 Å². The van der Waals surface area contributed by atoms with Gasteiger partial charge in [-0.3, -0.25) is 4.68 Å². The Hall–Kier alpha value is -0.540. The quantitative estimate of drug-likeness (QED) is 0.859. The van der Waals surface area contributed by atoms with Gasteiger partial charge >= 0.3 is 0 Å². The van der Waals surface area contributed by atoms with Crippen LogP contribution in [0, 0.1) is 12.3 Å². The molecule has 0 aliphatic heterocycles. The van der Waals surface area contributed by atoms with Gasteiger partial charge in [0.05, 0.1) is 16.4 Å². The van der Waals surface area contributed by atoms with E-state index in [2.05, 4.69) is 24.3 Å². The van der Waals surface area contributed by atoms with Crippen molar-refractivity contribution < 1.29 is 0 Å². The Morgan fingerprint density at radius 3 is 2.60 bits per heavy atom. The van der Waals surface area contributed by atoms with Crippen molar-refractivity contribution in [2.45, 2.75) is 39.8 Å². The van der Waals surface area contributed by atoms with Crippen molar-refractivity contribution in [1.82, 2.24) is 15.1 Å². The van der Waals surface area contributed by atoms with Crippen molar-refractivity contribution >= 4 is 11.6 Å². The molecule has 4 heteroatoms. The number of halogens is 1. The molecule has 1 fully saturated rings. The van der Waals surface area contributed by atoms with E-state index in [9.17, 15) is 0 Å². The minimum Gasteiger partial charge on any atom is -0.308 e. The molecule has 1 aliphatic rings. The number of nitrogens with one attached hydrogen (secondary N) is 1. The minimum atomic E-state index is 0.458. The first-order valence-electron chi connectivity index (χ1n) is 5.33. The summed E-state index contributed by atoms with van der Waals surface area (Å²) in [5.74, 6) is 0. The van der Waals surface area contributed by atoms with E-state index in [0.717, 1.165) is 23.0 Å². The molecule has 1 unspecified atom stereocenters. The third-order valence-corrected chi connectivity index (χ3v) is 3.78. The second-order valence-electron chi connectivity index (χ2n) is 5.10. The van der Waals surface area contributed by atoms with Crippen LogP contribution in [0.1, 0.15) is 31.7 Å². The largest absolute Gasteiger partial charge is 0.308 e. The lowest BCUT2D eigenvalue weighted by molar-refractivity contribution is 0.529. The van der Waals surface area contributed by atoms with Crippen molar-refractivity contribution in [3.05, 3.63) is 16.4 Å². The lowest BCUT2D eigenvalue weighted by Crippen LogP contribution is -2.21. The van der Waals surface area contributed by atoms with Crippen LogP contribution in [0.3, 0.4) is 0 Å². The molecule has 3 nitrogen and oxygen atoms in total. The molecule has 0 amide bonds. The van der Waals surface area contributed by atoms with Gasteiger partial charge in [0.25, 0.3) is 0 Å². The second kappa shape index (κ2) is 3.49. The van der Waals surface area contributed by atoms with Crippen LogP contribution < -0.4 is 5.32 Å². The SMILES string of the molecule is Cc1nn(C)c(CNC2CC2(C)C)c1Cl. The molecule has 15 heavy (non-hydrogen) atoms. The minimum absolute atomic E-state index is 0.458. The lowest BCUT2D eigenvalue weighted by Gasteiger charge is -2.07. The third kappa shape index (κ3) is 2.04. The van der Waals surface area contributed by atoms with Gasteiger partial charge in [0.1, 0.15) is 0 Å². The smallest absolute Gasteiger partial charge is 0.0860 e. The van der Waals surface area contributed by atoms with Crippen LogP contribution in [0.4, 0.5) is 0 Å². The van der Waals surface area contributed by atoms with Crippen LogP contribution in [0.5, 0.6) is 0 Å². The summed E-state index contributed by atoms with van der Waals surface area (Å²) in [5.41, 5.74) is 2.45. The number of rotatable bonds is 3. The molecular weight excluding hydrogens is 210 g/mol. The molecule has 0 bridgehead atoms.